The lowest BCUT2D eigenvalue weighted by Crippen LogP contribution is -2.29. The maximum atomic E-state index is 11.9. The van der Waals surface area contributed by atoms with Crippen molar-refractivity contribution < 1.29 is 4.79 Å². The maximum absolute atomic E-state index is 11.9. The average molecular weight is 226 g/mol. The highest BCUT2D eigenvalue weighted by Crippen LogP contribution is 2.27. The standard InChI is InChI=1S/C13H26N2O/c1-10(2)11(8-9-14)4-7-13(16)15(3)12-5-6-12/h10-12H,4-9,14H2,1-3H3. The first kappa shape index (κ1) is 13.5. The van der Waals surface area contributed by atoms with Crippen LogP contribution in [0.4, 0.5) is 0 Å². The Balaban J connectivity index is 2.27. The maximum Gasteiger partial charge on any atom is 0.222 e. The van der Waals surface area contributed by atoms with E-state index in [-0.39, 0.29) is 0 Å². The molecule has 0 aromatic heterocycles. The van der Waals surface area contributed by atoms with Crippen molar-refractivity contribution in [1.82, 2.24) is 4.90 Å². The minimum absolute atomic E-state index is 0.310. The van der Waals surface area contributed by atoms with E-state index in [1.54, 1.807) is 0 Å². The molecule has 3 heteroatoms. The SMILES string of the molecule is CC(C)C(CCN)CCC(=O)N(C)C1CC1. The fourth-order valence-corrected chi connectivity index (χ4v) is 2.18. The fraction of sp³-hybridized carbons (Fsp3) is 0.923. The zero-order valence-electron chi connectivity index (χ0n) is 10.9. The van der Waals surface area contributed by atoms with Gasteiger partial charge in [-0.05, 0) is 44.1 Å². The van der Waals surface area contributed by atoms with Crippen molar-refractivity contribution in [3.05, 3.63) is 0 Å². The Labute approximate surface area is 99.4 Å². The van der Waals surface area contributed by atoms with Crippen LogP contribution in [0.1, 0.15) is 46.0 Å². The molecule has 2 N–H and O–H groups in total. The molecule has 94 valence electrons. The van der Waals surface area contributed by atoms with Crippen LogP contribution in [0, 0.1) is 11.8 Å². The highest BCUT2D eigenvalue weighted by Gasteiger charge is 2.29. The number of carbonyl (C=O) groups is 1. The van der Waals surface area contributed by atoms with E-state index in [4.69, 9.17) is 5.73 Å². The summed E-state index contributed by atoms with van der Waals surface area (Å²) in [6, 6.07) is 0.541. The Hall–Kier alpha value is -0.570. The Morgan fingerprint density at radius 2 is 2.00 bits per heavy atom. The summed E-state index contributed by atoms with van der Waals surface area (Å²) in [4.78, 5) is 13.8. The van der Waals surface area contributed by atoms with Gasteiger partial charge in [-0.1, -0.05) is 13.8 Å². The van der Waals surface area contributed by atoms with E-state index < -0.39 is 0 Å². The van der Waals surface area contributed by atoms with Gasteiger partial charge in [0.1, 0.15) is 0 Å². The second kappa shape index (κ2) is 6.24. The van der Waals surface area contributed by atoms with Crippen molar-refractivity contribution in [2.75, 3.05) is 13.6 Å². The molecular formula is C13H26N2O. The molecule has 0 heterocycles. The Morgan fingerprint density at radius 3 is 2.44 bits per heavy atom. The molecule has 3 nitrogen and oxygen atoms in total. The van der Waals surface area contributed by atoms with Crippen LogP contribution in [0.15, 0.2) is 0 Å². The van der Waals surface area contributed by atoms with Crippen LogP contribution in [-0.2, 0) is 4.79 Å². The lowest BCUT2D eigenvalue weighted by molar-refractivity contribution is -0.130. The van der Waals surface area contributed by atoms with Gasteiger partial charge in [0.15, 0.2) is 0 Å². The molecule has 0 aromatic rings. The van der Waals surface area contributed by atoms with Crippen molar-refractivity contribution in [3.63, 3.8) is 0 Å². The molecule has 0 bridgehead atoms. The van der Waals surface area contributed by atoms with Crippen molar-refractivity contribution in [1.29, 1.82) is 0 Å². The minimum Gasteiger partial charge on any atom is -0.343 e. The van der Waals surface area contributed by atoms with Gasteiger partial charge in [-0.3, -0.25) is 4.79 Å². The van der Waals surface area contributed by atoms with Gasteiger partial charge in [-0.2, -0.15) is 0 Å². The first-order chi connectivity index (χ1) is 7.56. The Kier molecular flexibility index (Phi) is 5.26. The monoisotopic (exact) mass is 226 g/mol. The molecule has 1 aliphatic carbocycles. The number of hydrogen-bond acceptors (Lipinski definition) is 2. The van der Waals surface area contributed by atoms with Gasteiger partial charge in [-0.15, -0.1) is 0 Å². The summed E-state index contributed by atoms with van der Waals surface area (Å²) in [6.45, 7) is 5.17. The number of nitrogens with two attached hydrogens (primary N) is 1. The Morgan fingerprint density at radius 1 is 1.38 bits per heavy atom. The van der Waals surface area contributed by atoms with E-state index in [0.717, 1.165) is 19.4 Å². The van der Waals surface area contributed by atoms with Gasteiger partial charge < -0.3 is 10.6 Å². The summed E-state index contributed by atoms with van der Waals surface area (Å²) < 4.78 is 0. The van der Waals surface area contributed by atoms with E-state index in [2.05, 4.69) is 13.8 Å². The van der Waals surface area contributed by atoms with Gasteiger partial charge in [0, 0.05) is 19.5 Å². The van der Waals surface area contributed by atoms with E-state index in [1.807, 2.05) is 11.9 Å². The number of amides is 1. The molecule has 0 aliphatic heterocycles. The van der Waals surface area contributed by atoms with Crippen LogP contribution in [-0.4, -0.2) is 30.4 Å². The molecule has 0 radical (unpaired) electrons. The summed E-state index contributed by atoms with van der Waals surface area (Å²) in [5.74, 6) is 1.54. The zero-order chi connectivity index (χ0) is 12.1. The third-order valence-electron chi connectivity index (χ3n) is 3.70. The zero-order valence-corrected chi connectivity index (χ0v) is 10.9. The molecule has 1 fully saturated rings. The van der Waals surface area contributed by atoms with E-state index in [9.17, 15) is 4.79 Å². The molecule has 1 amide bonds. The third kappa shape index (κ3) is 4.12. The summed E-state index contributed by atoms with van der Waals surface area (Å²) >= 11 is 0. The molecule has 1 atom stereocenters. The van der Waals surface area contributed by atoms with Gasteiger partial charge in [-0.25, -0.2) is 0 Å². The van der Waals surface area contributed by atoms with Gasteiger partial charge in [0.2, 0.25) is 5.91 Å². The molecule has 16 heavy (non-hydrogen) atoms. The van der Waals surface area contributed by atoms with Crippen LogP contribution in [0.3, 0.4) is 0 Å². The first-order valence-corrected chi connectivity index (χ1v) is 6.52. The van der Waals surface area contributed by atoms with Crippen LogP contribution < -0.4 is 5.73 Å². The molecule has 1 unspecified atom stereocenters. The first-order valence-electron chi connectivity index (χ1n) is 6.52. The minimum atomic E-state index is 0.310. The predicted octanol–water partition coefficient (Wildman–Crippen LogP) is 2.01. The highest BCUT2D eigenvalue weighted by atomic mass is 16.2. The number of hydrogen-bond donors (Lipinski definition) is 1. The molecule has 1 saturated carbocycles. The lowest BCUT2D eigenvalue weighted by atomic mass is 9.88. The normalized spacial score (nSPS) is 17.6. The van der Waals surface area contributed by atoms with Gasteiger partial charge >= 0.3 is 0 Å². The molecule has 1 rings (SSSR count). The number of carbonyl (C=O) groups excluding carboxylic acids is 1. The van der Waals surface area contributed by atoms with Crippen LogP contribution in [0.2, 0.25) is 0 Å². The van der Waals surface area contributed by atoms with Crippen molar-refractivity contribution in [2.24, 2.45) is 17.6 Å². The quantitative estimate of drug-likeness (QED) is 0.722. The highest BCUT2D eigenvalue weighted by molar-refractivity contribution is 5.76. The van der Waals surface area contributed by atoms with Gasteiger partial charge in [0.25, 0.3) is 0 Å². The van der Waals surface area contributed by atoms with Crippen molar-refractivity contribution >= 4 is 5.91 Å². The third-order valence-corrected chi connectivity index (χ3v) is 3.70. The lowest BCUT2D eigenvalue weighted by Gasteiger charge is -2.22. The number of rotatable bonds is 7. The van der Waals surface area contributed by atoms with Crippen molar-refractivity contribution in [3.8, 4) is 0 Å². The molecule has 1 aliphatic rings. The molecule has 0 saturated heterocycles. The second-order valence-electron chi connectivity index (χ2n) is 5.36. The van der Waals surface area contributed by atoms with Crippen LogP contribution in [0.25, 0.3) is 0 Å². The predicted molar refractivity (Wildman–Crippen MR) is 67.0 cm³/mol. The Bertz CT molecular complexity index is 224. The second-order valence-corrected chi connectivity index (χ2v) is 5.36. The number of nitrogens with zero attached hydrogens (tertiary/aromatic N) is 1. The van der Waals surface area contributed by atoms with Crippen molar-refractivity contribution in [2.45, 2.75) is 52.0 Å². The van der Waals surface area contributed by atoms with Crippen LogP contribution in [0.5, 0.6) is 0 Å². The topological polar surface area (TPSA) is 46.3 Å². The van der Waals surface area contributed by atoms with E-state index >= 15 is 0 Å². The van der Waals surface area contributed by atoms with E-state index in [0.29, 0.717) is 30.2 Å². The fourth-order valence-electron chi connectivity index (χ4n) is 2.18. The van der Waals surface area contributed by atoms with E-state index in [1.165, 1.54) is 12.8 Å². The summed E-state index contributed by atoms with van der Waals surface area (Å²) in [5, 5.41) is 0. The largest absolute Gasteiger partial charge is 0.343 e. The molecular weight excluding hydrogens is 200 g/mol. The molecule has 0 aromatic carbocycles. The van der Waals surface area contributed by atoms with Gasteiger partial charge in [0.05, 0.1) is 0 Å². The van der Waals surface area contributed by atoms with Crippen LogP contribution >= 0.6 is 0 Å². The summed E-state index contributed by atoms with van der Waals surface area (Å²) in [5.41, 5.74) is 5.60. The summed E-state index contributed by atoms with van der Waals surface area (Å²) in [6.07, 6.45) is 5.11. The average Bonchev–Trinajstić information content (AvgIpc) is 3.05. The summed E-state index contributed by atoms with van der Waals surface area (Å²) in [7, 11) is 1.94. The smallest absolute Gasteiger partial charge is 0.222 e. The molecule has 0 spiro atoms.